The van der Waals surface area contributed by atoms with Gasteiger partial charge in [0, 0.05) is 6.54 Å². The van der Waals surface area contributed by atoms with Crippen LogP contribution in [0.3, 0.4) is 0 Å². The van der Waals surface area contributed by atoms with Crippen molar-refractivity contribution in [3.05, 3.63) is 18.3 Å². The van der Waals surface area contributed by atoms with Crippen LogP contribution >= 0.6 is 0 Å². The standard InChI is InChI=1S/C10H15N3O/c1-8-7-14-5-4-13(8)10-3-2-9(11)6-12-10/h2-3,6,8H,4-5,7,11H2,1H3. The van der Waals surface area contributed by atoms with E-state index in [-0.39, 0.29) is 0 Å². The van der Waals surface area contributed by atoms with Crippen LogP contribution < -0.4 is 10.6 Å². The highest BCUT2D eigenvalue weighted by atomic mass is 16.5. The minimum absolute atomic E-state index is 0.389. The molecule has 4 heteroatoms. The van der Waals surface area contributed by atoms with Gasteiger partial charge in [0.25, 0.3) is 0 Å². The third-order valence-corrected chi connectivity index (χ3v) is 2.43. The first-order valence-electron chi connectivity index (χ1n) is 4.83. The number of nitrogens with two attached hydrogens (primary N) is 1. The number of hydrogen-bond acceptors (Lipinski definition) is 4. The van der Waals surface area contributed by atoms with Crippen molar-refractivity contribution in [2.24, 2.45) is 0 Å². The van der Waals surface area contributed by atoms with Crippen molar-refractivity contribution in [3.8, 4) is 0 Å². The maximum atomic E-state index is 5.59. The first kappa shape index (κ1) is 9.27. The van der Waals surface area contributed by atoms with Gasteiger partial charge >= 0.3 is 0 Å². The molecule has 1 aromatic heterocycles. The van der Waals surface area contributed by atoms with Crippen molar-refractivity contribution in [1.82, 2.24) is 4.98 Å². The molecule has 1 aromatic rings. The van der Waals surface area contributed by atoms with Gasteiger partial charge in [-0.1, -0.05) is 0 Å². The lowest BCUT2D eigenvalue weighted by Crippen LogP contribution is -2.44. The Hall–Kier alpha value is -1.29. The molecule has 4 nitrogen and oxygen atoms in total. The first-order valence-corrected chi connectivity index (χ1v) is 4.83. The van der Waals surface area contributed by atoms with Crippen LogP contribution in [0.1, 0.15) is 6.92 Å². The molecule has 0 radical (unpaired) electrons. The summed E-state index contributed by atoms with van der Waals surface area (Å²) < 4.78 is 5.36. The largest absolute Gasteiger partial charge is 0.397 e. The summed E-state index contributed by atoms with van der Waals surface area (Å²) in [7, 11) is 0. The third kappa shape index (κ3) is 1.80. The van der Waals surface area contributed by atoms with E-state index in [4.69, 9.17) is 10.5 Å². The number of nitrogens with zero attached hydrogens (tertiary/aromatic N) is 2. The molecular weight excluding hydrogens is 178 g/mol. The molecule has 2 heterocycles. The van der Waals surface area contributed by atoms with Crippen molar-refractivity contribution < 1.29 is 4.74 Å². The Balaban J connectivity index is 2.16. The highest BCUT2D eigenvalue weighted by Crippen LogP contribution is 2.17. The summed E-state index contributed by atoms with van der Waals surface area (Å²) in [5.41, 5.74) is 6.29. The summed E-state index contributed by atoms with van der Waals surface area (Å²) in [6.07, 6.45) is 1.69. The number of hydrogen-bond donors (Lipinski definition) is 1. The minimum Gasteiger partial charge on any atom is -0.397 e. The smallest absolute Gasteiger partial charge is 0.129 e. The lowest BCUT2D eigenvalue weighted by atomic mass is 10.2. The van der Waals surface area contributed by atoms with Gasteiger partial charge in [-0.25, -0.2) is 4.98 Å². The normalized spacial score (nSPS) is 22.4. The molecule has 1 atom stereocenters. The molecule has 2 rings (SSSR count). The first-order chi connectivity index (χ1) is 6.77. The molecule has 0 aromatic carbocycles. The lowest BCUT2D eigenvalue weighted by molar-refractivity contribution is 0.0985. The Kier molecular flexibility index (Phi) is 2.54. The highest BCUT2D eigenvalue weighted by molar-refractivity contribution is 5.46. The molecule has 1 aliphatic heterocycles. The fraction of sp³-hybridized carbons (Fsp3) is 0.500. The summed E-state index contributed by atoms with van der Waals surface area (Å²) in [6, 6.07) is 4.22. The fourth-order valence-corrected chi connectivity index (χ4v) is 1.63. The second-order valence-electron chi connectivity index (χ2n) is 3.57. The van der Waals surface area contributed by atoms with Gasteiger partial charge in [0.15, 0.2) is 0 Å². The third-order valence-electron chi connectivity index (χ3n) is 2.43. The number of pyridine rings is 1. The second-order valence-corrected chi connectivity index (χ2v) is 3.57. The van der Waals surface area contributed by atoms with Gasteiger partial charge in [-0.15, -0.1) is 0 Å². The number of anilines is 2. The molecule has 1 unspecified atom stereocenters. The van der Waals surface area contributed by atoms with Crippen LogP contribution in [0.2, 0.25) is 0 Å². The van der Waals surface area contributed by atoms with E-state index < -0.39 is 0 Å². The minimum atomic E-state index is 0.389. The molecule has 14 heavy (non-hydrogen) atoms. The average Bonchev–Trinajstić information content (AvgIpc) is 2.20. The summed E-state index contributed by atoms with van der Waals surface area (Å²) in [6.45, 7) is 4.58. The topological polar surface area (TPSA) is 51.4 Å². The zero-order valence-electron chi connectivity index (χ0n) is 8.31. The van der Waals surface area contributed by atoms with Crippen LogP contribution in [0.15, 0.2) is 18.3 Å². The molecular formula is C10H15N3O. The highest BCUT2D eigenvalue weighted by Gasteiger charge is 2.19. The number of ether oxygens (including phenoxy) is 1. The van der Waals surface area contributed by atoms with Crippen molar-refractivity contribution in [2.75, 3.05) is 30.4 Å². The van der Waals surface area contributed by atoms with Crippen LogP contribution in [-0.2, 0) is 4.74 Å². The van der Waals surface area contributed by atoms with E-state index in [2.05, 4.69) is 16.8 Å². The summed E-state index contributed by atoms with van der Waals surface area (Å²) >= 11 is 0. The van der Waals surface area contributed by atoms with Crippen LogP contribution in [0.25, 0.3) is 0 Å². The Bertz CT molecular complexity index is 299. The van der Waals surface area contributed by atoms with E-state index in [0.29, 0.717) is 11.7 Å². The van der Waals surface area contributed by atoms with Gasteiger partial charge in [-0.05, 0) is 19.1 Å². The van der Waals surface area contributed by atoms with Gasteiger partial charge in [0.2, 0.25) is 0 Å². The van der Waals surface area contributed by atoms with Gasteiger partial charge in [-0.2, -0.15) is 0 Å². The van der Waals surface area contributed by atoms with Crippen LogP contribution in [0, 0.1) is 0 Å². The molecule has 0 spiro atoms. The van der Waals surface area contributed by atoms with Crippen molar-refractivity contribution in [1.29, 1.82) is 0 Å². The molecule has 0 aliphatic carbocycles. The lowest BCUT2D eigenvalue weighted by Gasteiger charge is -2.34. The zero-order chi connectivity index (χ0) is 9.97. The van der Waals surface area contributed by atoms with Crippen LogP contribution in [0.4, 0.5) is 11.5 Å². The SMILES string of the molecule is CC1COCCN1c1ccc(N)cn1. The van der Waals surface area contributed by atoms with Gasteiger partial charge in [-0.3, -0.25) is 0 Å². The zero-order valence-corrected chi connectivity index (χ0v) is 8.31. The van der Waals surface area contributed by atoms with Crippen molar-refractivity contribution >= 4 is 11.5 Å². The number of nitrogen functional groups attached to an aromatic ring is 1. The van der Waals surface area contributed by atoms with E-state index in [0.717, 1.165) is 25.6 Å². The second kappa shape index (κ2) is 3.84. The maximum absolute atomic E-state index is 5.59. The molecule has 1 aliphatic rings. The predicted octanol–water partition coefficient (Wildman–Crippen LogP) is 0.889. The van der Waals surface area contributed by atoms with E-state index in [1.54, 1.807) is 6.20 Å². The van der Waals surface area contributed by atoms with E-state index in [1.165, 1.54) is 0 Å². The Morgan fingerprint density at radius 3 is 3.07 bits per heavy atom. The van der Waals surface area contributed by atoms with Crippen molar-refractivity contribution in [2.45, 2.75) is 13.0 Å². The Labute approximate surface area is 83.7 Å². The molecule has 1 fully saturated rings. The quantitative estimate of drug-likeness (QED) is 0.719. The fourth-order valence-electron chi connectivity index (χ4n) is 1.63. The predicted molar refractivity (Wildman–Crippen MR) is 56.3 cm³/mol. The summed E-state index contributed by atoms with van der Waals surface area (Å²) in [5, 5.41) is 0. The summed E-state index contributed by atoms with van der Waals surface area (Å²) in [5.74, 6) is 0.981. The molecule has 0 amide bonds. The van der Waals surface area contributed by atoms with Gasteiger partial charge in [0.1, 0.15) is 5.82 Å². The monoisotopic (exact) mass is 193 g/mol. The van der Waals surface area contributed by atoms with Gasteiger partial charge in [0.05, 0.1) is 31.1 Å². The molecule has 1 saturated heterocycles. The molecule has 0 bridgehead atoms. The van der Waals surface area contributed by atoms with Crippen LogP contribution in [0.5, 0.6) is 0 Å². The van der Waals surface area contributed by atoms with Crippen LogP contribution in [-0.4, -0.2) is 30.8 Å². The number of morpholine rings is 1. The number of aromatic nitrogens is 1. The van der Waals surface area contributed by atoms with E-state index in [9.17, 15) is 0 Å². The Morgan fingerprint density at radius 1 is 1.57 bits per heavy atom. The molecule has 0 saturated carbocycles. The molecule has 76 valence electrons. The van der Waals surface area contributed by atoms with Gasteiger partial charge < -0.3 is 15.4 Å². The number of rotatable bonds is 1. The molecule has 2 N–H and O–H groups in total. The van der Waals surface area contributed by atoms with E-state index in [1.807, 2.05) is 12.1 Å². The maximum Gasteiger partial charge on any atom is 0.129 e. The summed E-state index contributed by atoms with van der Waals surface area (Å²) in [4.78, 5) is 6.54. The average molecular weight is 193 g/mol. The Morgan fingerprint density at radius 2 is 2.43 bits per heavy atom. The van der Waals surface area contributed by atoms with E-state index >= 15 is 0 Å². The van der Waals surface area contributed by atoms with Crippen molar-refractivity contribution in [3.63, 3.8) is 0 Å².